The van der Waals surface area contributed by atoms with Crippen molar-refractivity contribution in [1.29, 1.82) is 0 Å². The molecule has 0 aliphatic heterocycles. The largest absolute Gasteiger partial charge is 0.467 e. The number of aromatic nitrogens is 2. The van der Waals surface area contributed by atoms with Gasteiger partial charge in [0.25, 0.3) is 5.91 Å². The standard InChI is InChI=1S/C32H29Cl2F2N3O3/c1-42-32(41)27(17-20-8-13-24(36)14-9-20)37-31(40)29-25-5-3-2-4-21(16-19-6-11-23(35)12-7-19)30(25)39(38-29)28-15-10-22(33)18-26(28)34/h6-15,18,21,27H,2-5,16-17H2,1H3,(H,37,40)/t21?,27-/m0/s1. The van der Waals surface area contributed by atoms with Crippen LogP contribution < -0.4 is 5.32 Å². The molecule has 6 nitrogen and oxygen atoms in total. The van der Waals surface area contributed by atoms with Crippen molar-refractivity contribution in [1.82, 2.24) is 15.1 Å². The van der Waals surface area contributed by atoms with Crippen LogP contribution >= 0.6 is 23.2 Å². The number of esters is 1. The monoisotopic (exact) mass is 611 g/mol. The van der Waals surface area contributed by atoms with Crippen LogP contribution in [0.5, 0.6) is 0 Å². The lowest BCUT2D eigenvalue weighted by Gasteiger charge is -2.19. The molecule has 0 saturated heterocycles. The van der Waals surface area contributed by atoms with Gasteiger partial charge in [0.15, 0.2) is 5.69 Å². The zero-order chi connectivity index (χ0) is 29.8. The summed E-state index contributed by atoms with van der Waals surface area (Å²) in [6.07, 6.45) is 3.91. The summed E-state index contributed by atoms with van der Waals surface area (Å²) in [6.45, 7) is 0. The highest BCUT2D eigenvalue weighted by molar-refractivity contribution is 6.35. The zero-order valence-corrected chi connectivity index (χ0v) is 24.4. The van der Waals surface area contributed by atoms with E-state index >= 15 is 0 Å². The molecule has 0 spiro atoms. The van der Waals surface area contributed by atoms with Crippen LogP contribution in [0.2, 0.25) is 10.0 Å². The average molecular weight is 613 g/mol. The van der Waals surface area contributed by atoms with E-state index in [1.165, 1.54) is 31.4 Å². The summed E-state index contributed by atoms with van der Waals surface area (Å²) in [5.74, 6) is -1.91. The third kappa shape index (κ3) is 6.66. The number of amides is 1. The lowest BCUT2D eigenvalue weighted by Crippen LogP contribution is -2.43. The van der Waals surface area contributed by atoms with E-state index in [1.54, 1.807) is 47.1 Å². The van der Waals surface area contributed by atoms with Crippen LogP contribution in [0.4, 0.5) is 8.78 Å². The zero-order valence-electron chi connectivity index (χ0n) is 22.9. The quantitative estimate of drug-likeness (QED) is 0.172. The Balaban J connectivity index is 1.56. The van der Waals surface area contributed by atoms with Gasteiger partial charge < -0.3 is 10.1 Å². The third-order valence-electron chi connectivity index (χ3n) is 7.53. The number of halogens is 4. The van der Waals surface area contributed by atoms with E-state index in [0.717, 1.165) is 36.1 Å². The van der Waals surface area contributed by atoms with E-state index in [4.69, 9.17) is 33.0 Å². The van der Waals surface area contributed by atoms with Crippen LogP contribution in [0.1, 0.15) is 58.1 Å². The minimum atomic E-state index is -1.02. The molecule has 0 saturated carbocycles. The fourth-order valence-corrected chi connectivity index (χ4v) is 5.99. The number of hydrogen-bond donors (Lipinski definition) is 1. The Kier molecular flexibility index (Phi) is 9.24. The van der Waals surface area contributed by atoms with Gasteiger partial charge in [-0.2, -0.15) is 5.10 Å². The van der Waals surface area contributed by atoms with Crippen molar-refractivity contribution in [3.8, 4) is 5.69 Å². The first-order valence-corrected chi connectivity index (χ1v) is 14.4. The van der Waals surface area contributed by atoms with E-state index in [2.05, 4.69) is 5.32 Å². The van der Waals surface area contributed by atoms with E-state index in [-0.39, 0.29) is 23.8 Å². The molecule has 0 radical (unpaired) electrons. The summed E-state index contributed by atoms with van der Waals surface area (Å²) >= 11 is 12.8. The van der Waals surface area contributed by atoms with Gasteiger partial charge in [0.05, 0.1) is 23.5 Å². The van der Waals surface area contributed by atoms with Gasteiger partial charge in [-0.15, -0.1) is 0 Å². The predicted octanol–water partition coefficient (Wildman–Crippen LogP) is 7.02. The number of ether oxygens (including phenoxy) is 1. The number of nitrogens with zero attached hydrogens (tertiary/aromatic N) is 2. The van der Waals surface area contributed by atoms with Gasteiger partial charge in [0.1, 0.15) is 17.7 Å². The number of nitrogens with one attached hydrogen (secondary N) is 1. The fraction of sp³-hybridized carbons (Fsp3) is 0.281. The lowest BCUT2D eigenvalue weighted by molar-refractivity contribution is -0.142. The van der Waals surface area contributed by atoms with Gasteiger partial charge in [-0.05, 0) is 79.3 Å². The molecule has 10 heteroatoms. The fourth-order valence-electron chi connectivity index (χ4n) is 5.50. The Hall–Kier alpha value is -3.75. The van der Waals surface area contributed by atoms with E-state index < -0.39 is 23.7 Å². The van der Waals surface area contributed by atoms with Gasteiger partial charge >= 0.3 is 5.97 Å². The average Bonchev–Trinajstić information content (AvgIpc) is 3.22. The smallest absolute Gasteiger partial charge is 0.328 e. The van der Waals surface area contributed by atoms with Crippen LogP contribution in [0.25, 0.3) is 5.69 Å². The van der Waals surface area contributed by atoms with Crippen molar-refractivity contribution >= 4 is 35.1 Å². The Labute approximate surface area is 252 Å². The third-order valence-corrected chi connectivity index (χ3v) is 8.07. The highest BCUT2D eigenvalue weighted by Gasteiger charge is 2.33. The number of fused-ring (bicyclic) bond motifs is 1. The predicted molar refractivity (Wildman–Crippen MR) is 157 cm³/mol. The van der Waals surface area contributed by atoms with Crippen molar-refractivity contribution in [2.24, 2.45) is 0 Å². The van der Waals surface area contributed by atoms with Crippen LogP contribution in [0.15, 0.2) is 66.7 Å². The van der Waals surface area contributed by atoms with Gasteiger partial charge in [0, 0.05) is 22.9 Å². The second kappa shape index (κ2) is 13.0. The molecule has 2 atom stereocenters. The Morgan fingerprint density at radius 3 is 2.31 bits per heavy atom. The molecule has 1 aliphatic rings. The van der Waals surface area contributed by atoms with Crippen molar-refractivity contribution in [3.05, 3.63) is 116 Å². The number of rotatable bonds is 8. The molecule has 4 aromatic rings. The second-order valence-corrected chi connectivity index (χ2v) is 11.2. The first-order chi connectivity index (χ1) is 20.2. The molecular formula is C32H29Cl2F2N3O3. The van der Waals surface area contributed by atoms with Crippen molar-refractivity contribution in [3.63, 3.8) is 0 Å². The topological polar surface area (TPSA) is 73.2 Å². The maximum Gasteiger partial charge on any atom is 0.328 e. The van der Waals surface area contributed by atoms with E-state index in [0.29, 0.717) is 34.1 Å². The summed E-state index contributed by atoms with van der Waals surface area (Å²) in [4.78, 5) is 26.5. The molecule has 42 heavy (non-hydrogen) atoms. The molecule has 1 aliphatic carbocycles. The summed E-state index contributed by atoms with van der Waals surface area (Å²) in [5.41, 5.74) is 3.99. The maximum absolute atomic E-state index is 13.8. The first-order valence-electron chi connectivity index (χ1n) is 13.7. The molecule has 5 rings (SSSR count). The minimum Gasteiger partial charge on any atom is -0.467 e. The van der Waals surface area contributed by atoms with Gasteiger partial charge in [-0.3, -0.25) is 4.79 Å². The SMILES string of the molecule is COC(=O)[C@H](Cc1ccc(F)cc1)NC(=O)c1nn(-c2ccc(Cl)cc2Cl)c2c1CCCCC2Cc1ccc(F)cc1. The second-order valence-electron chi connectivity index (χ2n) is 10.4. The molecule has 1 amide bonds. The molecule has 218 valence electrons. The summed E-state index contributed by atoms with van der Waals surface area (Å²) in [5, 5.41) is 8.40. The molecule has 1 N–H and O–H groups in total. The number of carbonyl (C=O) groups is 2. The Morgan fingerprint density at radius 1 is 1.00 bits per heavy atom. The van der Waals surface area contributed by atoms with Crippen molar-refractivity contribution in [2.75, 3.05) is 7.11 Å². The van der Waals surface area contributed by atoms with Crippen LogP contribution in [-0.4, -0.2) is 34.8 Å². The van der Waals surface area contributed by atoms with Crippen LogP contribution in [0.3, 0.4) is 0 Å². The van der Waals surface area contributed by atoms with Gasteiger partial charge in [0.2, 0.25) is 0 Å². The molecule has 1 heterocycles. The van der Waals surface area contributed by atoms with Crippen molar-refractivity contribution in [2.45, 2.75) is 50.5 Å². The summed E-state index contributed by atoms with van der Waals surface area (Å²) < 4.78 is 33.7. The Bertz CT molecular complexity index is 1590. The molecule has 0 fully saturated rings. The highest BCUT2D eigenvalue weighted by Crippen LogP contribution is 2.38. The summed E-state index contributed by atoms with van der Waals surface area (Å²) in [7, 11) is 1.25. The number of carbonyl (C=O) groups excluding carboxylic acids is 2. The number of methoxy groups -OCH3 is 1. The normalized spacial score (nSPS) is 15.4. The van der Waals surface area contributed by atoms with E-state index in [1.807, 2.05) is 0 Å². The van der Waals surface area contributed by atoms with Crippen molar-refractivity contribution < 1.29 is 23.1 Å². The lowest BCUT2D eigenvalue weighted by atomic mass is 9.90. The van der Waals surface area contributed by atoms with Crippen LogP contribution in [-0.2, 0) is 28.8 Å². The van der Waals surface area contributed by atoms with Gasteiger partial charge in [-0.25, -0.2) is 18.3 Å². The van der Waals surface area contributed by atoms with Gasteiger partial charge in [-0.1, -0.05) is 53.9 Å². The van der Waals surface area contributed by atoms with E-state index in [9.17, 15) is 18.4 Å². The molecule has 0 bridgehead atoms. The van der Waals surface area contributed by atoms with Crippen LogP contribution in [0, 0.1) is 11.6 Å². The minimum absolute atomic E-state index is 0.0376. The number of benzene rings is 3. The highest BCUT2D eigenvalue weighted by atomic mass is 35.5. The molecular weight excluding hydrogens is 583 g/mol. The number of hydrogen-bond acceptors (Lipinski definition) is 4. The Morgan fingerprint density at radius 2 is 1.67 bits per heavy atom. The maximum atomic E-state index is 13.8. The molecule has 1 unspecified atom stereocenters. The summed E-state index contributed by atoms with van der Waals surface area (Å²) in [6, 6.07) is 16.2. The molecule has 3 aromatic carbocycles. The molecule has 1 aromatic heterocycles. The first kappa shape index (κ1) is 29.7.